The maximum atomic E-state index is 13.1. The van der Waals surface area contributed by atoms with Gasteiger partial charge >= 0.3 is 0 Å². The van der Waals surface area contributed by atoms with Crippen molar-refractivity contribution in [2.75, 3.05) is 21.1 Å². The Labute approximate surface area is 305 Å². The van der Waals surface area contributed by atoms with Gasteiger partial charge in [-0.15, -0.1) is 0 Å². The molecule has 0 spiro atoms. The number of aromatic nitrogens is 2. The maximum Gasteiger partial charge on any atom is 0.258 e. The lowest BCUT2D eigenvalue weighted by molar-refractivity contribution is -0.128. The summed E-state index contributed by atoms with van der Waals surface area (Å²) in [4.78, 5) is 51.8. The highest BCUT2D eigenvalue weighted by molar-refractivity contribution is 5.92. The van der Waals surface area contributed by atoms with Gasteiger partial charge in [-0.3, -0.25) is 19.2 Å². The van der Waals surface area contributed by atoms with Crippen LogP contribution in [0.1, 0.15) is 44.2 Å². The van der Waals surface area contributed by atoms with Crippen molar-refractivity contribution in [1.29, 1.82) is 0 Å². The fourth-order valence-electron chi connectivity index (χ4n) is 6.86. The lowest BCUT2D eigenvalue weighted by Gasteiger charge is -2.20. The van der Waals surface area contributed by atoms with Crippen molar-refractivity contribution >= 4 is 33.4 Å². The van der Waals surface area contributed by atoms with Gasteiger partial charge in [0, 0.05) is 57.8 Å². The van der Waals surface area contributed by atoms with Crippen molar-refractivity contribution in [3.8, 4) is 22.5 Å². The van der Waals surface area contributed by atoms with Gasteiger partial charge in [0.2, 0.25) is 11.8 Å². The first-order valence-corrected chi connectivity index (χ1v) is 18.0. The average Bonchev–Trinajstić information content (AvgIpc) is 3.18. The Morgan fingerprint density at radius 2 is 1.02 bits per heavy atom. The minimum atomic E-state index is 0.00124. The molecule has 0 saturated heterocycles. The average molecular weight is 697 g/mol. The first-order chi connectivity index (χ1) is 25.2. The molecule has 2 heterocycles. The number of hydrogen-bond acceptors (Lipinski definition) is 4. The van der Waals surface area contributed by atoms with E-state index in [2.05, 4.69) is 12.2 Å². The van der Waals surface area contributed by atoms with E-state index < -0.39 is 0 Å². The Morgan fingerprint density at radius 1 is 0.596 bits per heavy atom. The van der Waals surface area contributed by atoms with Crippen LogP contribution in [0.4, 0.5) is 0 Å². The van der Waals surface area contributed by atoms with E-state index in [1.54, 1.807) is 26.0 Å². The summed E-state index contributed by atoms with van der Waals surface area (Å²) >= 11 is 0. The smallest absolute Gasteiger partial charge is 0.258 e. The third-order valence-electron chi connectivity index (χ3n) is 9.39. The number of carbonyl (C=O) groups is 2. The second kappa shape index (κ2) is 17.4. The topological polar surface area (TPSA) is 93.4 Å². The van der Waals surface area contributed by atoms with E-state index in [4.69, 9.17) is 0 Å². The van der Waals surface area contributed by atoms with Crippen molar-refractivity contribution in [3.05, 3.63) is 141 Å². The van der Waals surface area contributed by atoms with E-state index >= 15 is 0 Å². The molecule has 0 bridgehead atoms. The molecule has 0 aliphatic rings. The maximum absolute atomic E-state index is 13.1. The molecule has 0 saturated carbocycles. The standard InChI is InChI=1S/2C22H24N2O2/c1-4-24-21(16-10-6-5-7-11-16)18(14-15-20(25)23(2)3)17-12-8-9-13-19(17)22(24)26;1-3-15-24-21(16-9-5-4-6-10-16)18(13-14-20(25)23-2)17-11-7-8-12-19(17)22(24)26/h5-13H,4,14-15H2,1-3H3;4-12H,3,13-15H2,1-2H3,(H,23,25). The molecule has 268 valence electrons. The fraction of sp³-hybridized carbons (Fsp3) is 0.273. The van der Waals surface area contributed by atoms with Crippen LogP contribution in [0, 0.1) is 0 Å². The first-order valence-electron chi connectivity index (χ1n) is 18.0. The van der Waals surface area contributed by atoms with Gasteiger partial charge in [0.1, 0.15) is 0 Å². The highest BCUT2D eigenvalue weighted by atomic mass is 16.2. The number of nitrogens with zero attached hydrogens (tertiary/aromatic N) is 3. The number of nitrogens with one attached hydrogen (secondary N) is 1. The van der Waals surface area contributed by atoms with Crippen LogP contribution < -0.4 is 16.4 Å². The van der Waals surface area contributed by atoms with E-state index in [-0.39, 0.29) is 22.9 Å². The Hall–Kier alpha value is -5.76. The Morgan fingerprint density at radius 3 is 1.46 bits per heavy atom. The molecule has 2 aromatic heterocycles. The van der Waals surface area contributed by atoms with Crippen molar-refractivity contribution < 1.29 is 9.59 Å². The van der Waals surface area contributed by atoms with Gasteiger partial charge in [0.15, 0.2) is 0 Å². The van der Waals surface area contributed by atoms with Gasteiger partial charge in [0.25, 0.3) is 11.1 Å². The van der Waals surface area contributed by atoms with Crippen molar-refractivity contribution in [2.24, 2.45) is 0 Å². The van der Waals surface area contributed by atoms with Gasteiger partial charge in [0.05, 0.1) is 11.4 Å². The third kappa shape index (κ3) is 8.07. The number of benzene rings is 4. The normalized spacial score (nSPS) is 10.9. The van der Waals surface area contributed by atoms with E-state index in [1.807, 2.05) is 125 Å². The molecule has 0 unspecified atom stereocenters. The number of pyridine rings is 2. The Kier molecular flexibility index (Phi) is 12.6. The van der Waals surface area contributed by atoms with Crippen molar-refractivity contribution in [1.82, 2.24) is 19.4 Å². The molecule has 8 heteroatoms. The zero-order valence-corrected chi connectivity index (χ0v) is 30.8. The summed E-state index contributed by atoms with van der Waals surface area (Å²) in [5.74, 6) is 0.0867. The van der Waals surface area contributed by atoms with E-state index in [9.17, 15) is 19.2 Å². The van der Waals surface area contributed by atoms with Gasteiger partial charge in [-0.2, -0.15) is 0 Å². The van der Waals surface area contributed by atoms with Crippen LogP contribution in [-0.4, -0.2) is 47.0 Å². The Bertz CT molecular complexity index is 2290. The summed E-state index contributed by atoms with van der Waals surface area (Å²) in [7, 11) is 5.19. The summed E-state index contributed by atoms with van der Waals surface area (Å²) in [5.41, 5.74) is 6.03. The fourth-order valence-corrected chi connectivity index (χ4v) is 6.86. The van der Waals surface area contributed by atoms with Crippen LogP contribution >= 0.6 is 0 Å². The van der Waals surface area contributed by atoms with Gasteiger partial charge in [-0.05, 0) is 71.3 Å². The third-order valence-corrected chi connectivity index (χ3v) is 9.39. The highest BCUT2D eigenvalue weighted by Crippen LogP contribution is 2.31. The van der Waals surface area contributed by atoms with Crippen LogP contribution in [0.3, 0.4) is 0 Å². The second-order valence-electron chi connectivity index (χ2n) is 12.9. The van der Waals surface area contributed by atoms with Crippen LogP contribution in [0.25, 0.3) is 44.1 Å². The molecular weight excluding hydrogens is 649 g/mol. The summed E-state index contributed by atoms with van der Waals surface area (Å²) in [6.07, 6.45) is 2.87. The zero-order valence-electron chi connectivity index (χ0n) is 30.8. The number of amides is 2. The number of aryl methyl sites for hydroxylation is 2. The molecule has 0 aliphatic carbocycles. The largest absolute Gasteiger partial charge is 0.359 e. The molecule has 4 aromatic carbocycles. The van der Waals surface area contributed by atoms with E-state index in [0.29, 0.717) is 49.5 Å². The zero-order chi connectivity index (χ0) is 37.2. The molecule has 0 fully saturated rings. The predicted octanol–water partition coefficient (Wildman–Crippen LogP) is 7.47. The second-order valence-corrected chi connectivity index (χ2v) is 12.9. The van der Waals surface area contributed by atoms with Gasteiger partial charge in [-0.25, -0.2) is 0 Å². The quantitative estimate of drug-likeness (QED) is 0.152. The summed E-state index contributed by atoms with van der Waals surface area (Å²) < 4.78 is 3.70. The number of hydrogen-bond donors (Lipinski definition) is 1. The summed E-state index contributed by atoms with van der Waals surface area (Å²) in [6.45, 7) is 5.29. The van der Waals surface area contributed by atoms with Crippen LogP contribution in [0.15, 0.2) is 119 Å². The minimum Gasteiger partial charge on any atom is -0.359 e. The molecule has 6 aromatic rings. The summed E-state index contributed by atoms with van der Waals surface area (Å²) in [5, 5.41) is 5.99. The van der Waals surface area contributed by atoms with E-state index in [1.165, 1.54) is 0 Å². The molecule has 1 N–H and O–H groups in total. The molecular formula is C44H48N4O4. The predicted molar refractivity (Wildman–Crippen MR) is 213 cm³/mol. The monoisotopic (exact) mass is 696 g/mol. The van der Waals surface area contributed by atoms with Gasteiger partial charge in [-0.1, -0.05) is 104 Å². The van der Waals surface area contributed by atoms with Crippen molar-refractivity contribution in [2.45, 2.75) is 59.0 Å². The Balaban J connectivity index is 0.000000201. The number of carbonyl (C=O) groups excluding carboxylic acids is 2. The molecule has 8 nitrogen and oxygen atoms in total. The number of fused-ring (bicyclic) bond motifs is 2. The summed E-state index contributed by atoms with van der Waals surface area (Å²) in [6, 6.07) is 35.3. The van der Waals surface area contributed by atoms with Gasteiger partial charge < -0.3 is 19.4 Å². The van der Waals surface area contributed by atoms with Crippen molar-refractivity contribution in [3.63, 3.8) is 0 Å². The molecule has 52 heavy (non-hydrogen) atoms. The SMILES string of the molecule is CCCn1c(-c2ccccc2)c(CCC(=O)NC)c2ccccc2c1=O.CCn1c(-c2ccccc2)c(CCC(=O)N(C)C)c2ccccc2c1=O. The molecule has 0 atom stereocenters. The minimum absolute atomic E-state index is 0.00124. The van der Waals surface area contributed by atoms with Crippen LogP contribution in [0.5, 0.6) is 0 Å². The van der Waals surface area contributed by atoms with Crippen LogP contribution in [-0.2, 0) is 35.5 Å². The highest BCUT2D eigenvalue weighted by Gasteiger charge is 2.20. The molecule has 0 radical (unpaired) electrons. The molecule has 6 rings (SSSR count). The lowest BCUT2D eigenvalue weighted by Crippen LogP contribution is -2.25. The lowest BCUT2D eigenvalue weighted by atomic mass is 9.95. The van der Waals surface area contributed by atoms with E-state index in [0.717, 1.165) is 50.8 Å². The molecule has 0 aliphatic heterocycles. The number of rotatable bonds is 11. The first kappa shape index (κ1) is 37.5. The van der Waals surface area contributed by atoms with Crippen LogP contribution in [0.2, 0.25) is 0 Å². The molecule has 2 amide bonds.